The molecule has 0 aromatic carbocycles. The second-order valence-electron chi connectivity index (χ2n) is 7.03. The minimum Gasteiger partial charge on any atom is -0.338 e. The molecule has 1 heterocycles. The fourth-order valence-electron chi connectivity index (χ4n) is 3.63. The molecule has 0 spiro atoms. The van der Waals surface area contributed by atoms with Crippen molar-refractivity contribution < 1.29 is 0 Å². The van der Waals surface area contributed by atoms with E-state index in [-0.39, 0.29) is 11.0 Å². The van der Waals surface area contributed by atoms with E-state index in [1.165, 1.54) is 19.3 Å². The molecule has 1 fully saturated rings. The quantitative estimate of drug-likeness (QED) is 0.876. The van der Waals surface area contributed by atoms with E-state index < -0.39 is 0 Å². The van der Waals surface area contributed by atoms with Gasteiger partial charge in [-0.3, -0.25) is 0 Å². The highest BCUT2D eigenvalue weighted by molar-refractivity contribution is 5.06. The Morgan fingerprint density at radius 1 is 1.44 bits per heavy atom. The van der Waals surface area contributed by atoms with Crippen LogP contribution in [-0.4, -0.2) is 15.1 Å². The molecule has 2 atom stereocenters. The maximum absolute atomic E-state index is 6.80. The van der Waals surface area contributed by atoms with Gasteiger partial charge in [0.25, 0.3) is 0 Å². The molecular formula is C15H27N3. The predicted molar refractivity (Wildman–Crippen MR) is 75.2 cm³/mol. The van der Waals surface area contributed by atoms with Crippen molar-refractivity contribution in [1.82, 2.24) is 9.55 Å². The first-order valence-corrected chi connectivity index (χ1v) is 7.08. The van der Waals surface area contributed by atoms with E-state index in [2.05, 4.69) is 37.4 Å². The summed E-state index contributed by atoms with van der Waals surface area (Å²) in [6.45, 7) is 6.97. The lowest BCUT2D eigenvalue weighted by Crippen LogP contribution is -2.55. The SMILES string of the molecule is Cn1ccnc1CC1(N)CCCCC1C(C)(C)C. The lowest BCUT2D eigenvalue weighted by Gasteiger charge is -2.48. The minimum absolute atomic E-state index is 0.0877. The Labute approximate surface area is 111 Å². The molecule has 2 N–H and O–H groups in total. The van der Waals surface area contributed by atoms with Gasteiger partial charge in [-0.2, -0.15) is 0 Å². The zero-order chi connectivity index (χ0) is 13.4. The number of imidazole rings is 1. The van der Waals surface area contributed by atoms with Crippen molar-refractivity contribution in [2.45, 2.75) is 58.4 Å². The highest BCUT2D eigenvalue weighted by atomic mass is 15.0. The lowest BCUT2D eigenvalue weighted by molar-refractivity contribution is 0.0775. The molecule has 1 aromatic heterocycles. The zero-order valence-electron chi connectivity index (χ0n) is 12.2. The molecular weight excluding hydrogens is 222 g/mol. The third kappa shape index (κ3) is 2.61. The summed E-state index contributed by atoms with van der Waals surface area (Å²) in [5.74, 6) is 1.70. The average molecular weight is 249 g/mol. The largest absolute Gasteiger partial charge is 0.338 e. The van der Waals surface area contributed by atoms with Gasteiger partial charge in [0.1, 0.15) is 5.82 Å². The third-order valence-corrected chi connectivity index (χ3v) is 4.53. The number of aryl methyl sites for hydroxylation is 1. The van der Waals surface area contributed by atoms with Crippen LogP contribution in [0.2, 0.25) is 0 Å². The maximum Gasteiger partial charge on any atom is 0.110 e. The average Bonchev–Trinajstić information content (AvgIpc) is 2.62. The van der Waals surface area contributed by atoms with Gasteiger partial charge in [0.2, 0.25) is 0 Å². The van der Waals surface area contributed by atoms with E-state index in [9.17, 15) is 0 Å². The maximum atomic E-state index is 6.80. The smallest absolute Gasteiger partial charge is 0.110 e. The van der Waals surface area contributed by atoms with Gasteiger partial charge in [0.05, 0.1) is 0 Å². The van der Waals surface area contributed by atoms with Crippen molar-refractivity contribution in [3.63, 3.8) is 0 Å². The fraction of sp³-hybridized carbons (Fsp3) is 0.800. The molecule has 0 saturated heterocycles. The molecule has 2 rings (SSSR count). The van der Waals surface area contributed by atoms with Gasteiger partial charge in [-0.1, -0.05) is 33.6 Å². The molecule has 18 heavy (non-hydrogen) atoms. The second-order valence-corrected chi connectivity index (χ2v) is 7.03. The summed E-state index contributed by atoms with van der Waals surface area (Å²) in [5, 5.41) is 0. The van der Waals surface area contributed by atoms with Crippen LogP contribution >= 0.6 is 0 Å². The standard InChI is InChI=1S/C15H27N3/c1-14(2,3)12-7-5-6-8-15(12,16)11-13-17-9-10-18(13)4/h9-10,12H,5-8,11,16H2,1-4H3. The Bertz CT molecular complexity index is 402. The Balaban J connectivity index is 2.23. The van der Waals surface area contributed by atoms with Crippen LogP contribution in [0.15, 0.2) is 12.4 Å². The molecule has 1 saturated carbocycles. The monoisotopic (exact) mass is 249 g/mol. The summed E-state index contributed by atoms with van der Waals surface area (Å²) in [5.41, 5.74) is 6.99. The molecule has 3 nitrogen and oxygen atoms in total. The van der Waals surface area contributed by atoms with Gasteiger partial charge in [0.15, 0.2) is 0 Å². The first-order valence-electron chi connectivity index (χ1n) is 7.08. The van der Waals surface area contributed by atoms with Crippen molar-refractivity contribution in [3.05, 3.63) is 18.2 Å². The van der Waals surface area contributed by atoms with Crippen LogP contribution in [-0.2, 0) is 13.5 Å². The number of hydrogen-bond donors (Lipinski definition) is 1. The van der Waals surface area contributed by atoms with Crippen molar-refractivity contribution in [2.75, 3.05) is 0 Å². The molecule has 1 aromatic rings. The molecule has 1 aliphatic rings. The van der Waals surface area contributed by atoms with E-state index in [0.29, 0.717) is 5.92 Å². The van der Waals surface area contributed by atoms with Crippen LogP contribution in [0.25, 0.3) is 0 Å². The summed E-state index contributed by atoms with van der Waals surface area (Å²) < 4.78 is 2.10. The Kier molecular flexibility index (Phi) is 3.54. The third-order valence-electron chi connectivity index (χ3n) is 4.53. The highest BCUT2D eigenvalue weighted by Crippen LogP contribution is 2.44. The topological polar surface area (TPSA) is 43.8 Å². The van der Waals surface area contributed by atoms with Crippen molar-refractivity contribution in [1.29, 1.82) is 0 Å². The number of hydrogen-bond acceptors (Lipinski definition) is 2. The molecule has 0 amide bonds. The van der Waals surface area contributed by atoms with Gasteiger partial charge in [-0.15, -0.1) is 0 Å². The van der Waals surface area contributed by atoms with E-state index in [0.717, 1.165) is 18.7 Å². The zero-order valence-corrected chi connectivity index (χ0v) is 12.2. The van der Waals surface area contributed by atoms with Gasteiger partial charge < -0.3 is 10.3 Å². The summed E-state index contributed by atoms with van der Waals surface area (Å²) in [7, 11) is 2.06. The first-order chi connectivity index (χ1) is 8.33. The van der Waals surface area contributed by atoms with Crippen LogP contribution in [0.1, 0.15) is 52.3 Å². The second kappa shape index (κ2) is 4.69. The normalized spacial score (nSPS) is 29.5. The molecule has 0 radical (unpaired) electrons. The minimum atomic E-state index is -0.0877. The van der Waals surface area contributed by atoms with E-state index in [4.69, 9.17) is 5.73 Å². The number of rotatable bonds is 2. The lowest BCUT2D eigenvalue weighted by atomic mass is 9.61. The van der Waals surface area contributed by atoms with E-state index in [1.54, 1.807) is 0 Å². The van der Waals surface area contributed by atoms with Gasteiger partial charge in [-0.05, 0) is 24.2 Å². The van der Waals surface area contributed by atoms with Crippen LogP contribution in [0, 0.1) is 11.3 Å². The molecule has 0 aliphatic heterocycles. The van der Waals surface area contributed by atoms with E-state index >= 15 is 0 Å². The molecule has 2 unspecified atom stereocenters. The highest BCUT2D eigenvalue weighted by Gasteiger charge is 2.43. The van der Waals surface area contributed by atoms with Gasteiger partial charge in [0, 0.05) is 31.4 Å². The summed E-state index contributed by atoms with van der Waals surface area (Å²) in [4.78, 5) is 4.45. The fourth-order valence-corrected chi connectivity index (χ4v) is 3.63. The molecule has 3 heteroatoms. The molecule has 1 aliphatic carbocycles. The van der Waals surface area contributed by atoms with E-state index in [1.807, 2.05) is 12.4 Å². The molecule has 102 valence electrons. The summed E-state index contributed by atoms with van der Waals surface area (Å²) in [6.07, 6.45) is 9.74. The van der Waals surface area contributed by atoms with Crippen molar-refractivity contribution >= 4 is 0 Å². The van der Waals surface area contributed by atoms with Crippen LogP contribution in [0.4, 0.5) is 0 Å². The van der Waals surface area contributed by atoms with Crippen molar-refractivity contribution in [3.8, 4) is 0 Å². The predicted octanol–water partition coefficient (Wildman–Crippen LogP) is 2.90. The van der Waals surface area contributed by atoms with Gasteiger partial charge in [-0.25, -0.2) is 4.98 Å². The number of nitrogens with zero attached hydrogens (tertiary/aromatic N) is 2. The van der Waals surface area contributed by atoms with Gasteiger partial charge >= 0.3 is 0 Å². The Morgan fingerprint density at radius 2 is 2.17 bits per heavy atom. The summed E-state index contributed by atoms with van der Waals surface area (Å²) >= 11 is 0. The Morgan fingerprint density at radius 3 is 2.72 bits per heavy atom. The van der Waals surface area contributed by atoms with Crippen LogP contribution in [0.3, 0.4) is 0 Å². The number of aromatic nitrogens is 2. The first kappa shape index (κ1) is 13.6. The molecule has 0 bridgehead atoms. The van der Waals surface area contributed by atoms with Crippen LogP contribution in [0.5, 0.6) is 0 Å². The van der Waals surface area contributed by atoms with Crippen molar-refractivity contribution in [2.24, 2.45) is 24.1 Å². The van der Waals surface area contributed by atoms with Crippen LogP contribution < -0.4 is 5.73 Å². The Hall–Kier alpha value is -0.830. The number of nitrogens with two attached hydrogens (primary N) is 1. The summed E-state index contributed by atoms with van der Waals surface area (Å²) in [6, 6.07) is 0.